The minimum atomic E-state index is -1.18. The van der Waals surface area contributed by atoms with E-state index in [1.54, 1.807) is 19.9 Å². The van der Waals surface area contributed by atoms with Crippen LogP contribution in [0.5, 0.6) is 11.5 Å². The van der Waals surface area contributed by atoms with Crippen LogP contribution in [-0.4, -0.2) is 59.7 Å². The number of carboxylic acids is 2. The third kappa shape index (κ3) is 8.09. The Morgan fingerprint density at radius 1 is 0.950 bits per heavy atom. The van der Waals surface area contributed by atoms with Gasteiger partial charge >= 0.3 is 11.9 Å². The zero-order valence-corrected chi connectivity index (χ0v) is 23.6. The van der Waals surface area contributed by atoms with E-state index in [9.17, 15) is 24.9 Å². The second-order valence-corrected chi connectivity index (χ2v) is 10.2. The lowest BCUT2D eigenvalue weighted by atomic mass is 9.79. The van der Waals surface area contributed by atoms with Crippen LogP contribution >= 0.6 is 0 Å². The van der Waals surface area contributed by atoms with E-state index in [4.69, 9.17) is 9.47 Å². The van der Waals surface area contributed by atoms with Crippen molar-refractivity contribution in [2.45, 2.75) is 58.5 Å². The van der Waals surface area contributed by atoms with Gasteiger partial charge in [-0.2, -0.15) is 0 Å². The fraction of sp³-hybridized carbons (Fsp3) is 0.419. The van der Waals surface area contributed by atoms with Gasteiger partial charge in [-0.25, -0.2) is 9.59 Å². The van der Waals surface area contributed by atoms with Crippen molar-refractivity contribution >= 4 is 11.9 Å². The Hall–Kier alpha value is -3.82. The monoisotopic (exact) mass is 552 g/mol. The van der Waals surface area contributed by atoms with E-state index in [0.29, 0.717) is 54.6 Å². The Bertz CT molecular complexity index is 1200. The summed E-state index contributed by atoms with van der Waals surface area (Å²) in [5.41, 5.74) is 2.29. The number of dihydropyridines is 1. The Morgan fingerprint density at radius 3 is 2.20 bits per heavy atom. The third-order valence-corrected chi connectivity index (χ3v) is 6.80. The number of aliphatic hydroxyl groups is 1. The molecule has 1 atom stereocenters. The molecule has 0 bridgehead atoms. The van der Waals surface area contributed by atoms with Gasteiger partial charge in [-0.05, 0) is 62.9 Å². The molecule has 0 spiro atoms. The first kappa shape index (κ1) is 30.7. The molecule has 0 fully saturated rings. The van der Waals surface area contributed by atoms with Crippen LogP contribution in [0.15, 0.2) is 71.1 Å². The molecular weight excluding hydrogens is 512 g/mol. The number of aliphatic hydroxyl groups excluding tert-OH is 1. The molecule has 40 heavy (non-hydrogen) atoms. The molecule has 0 aliphatic carbocycles. The van der Waals surface area contributed by atoms with Gasteiger partial charge in [0.1, 0.15) is 24.2 Å². The highest BCUT2D eigenvalue weighted by atomic mass is 16.5. The average molecular weight is 553 g/mol. The first-order chi connectivity index (χ1) is 19.1. The Kier molecular flexibility index (Phi) is 11.2. The molecular formula is C31H40N2O7. The lowest BCUT2D eigenvalue weighted by Crippen LogP contribution is -2.32. The van der Waals surface area contributed by atoms with Crippen molar-refractivity contribution in [1.29, 1.82) is 0 Å². The first-order valence-electron chi connectivity index (χ1n) is 13.6. The Balaban J connectivity index is 1.63. The van der Waals surface area contributed by atoms with E-state index in [-0.39, 0.29) is 23.7 Å². The summed E-state index contributed by atoms with van der Waals surface area (Å²) in [5.74, 6) is -1.99. The SMILES string of the molecule is CC1=C(C(=O)O)C(c2cc(C(C)C)ccc2OCCCCNCC(O)COc2ccccc2)C(C(=O)O)=C(C)N1. The van der Waals surface area contributed by atoms with E-state index in [0.717, 1.165) is 12.0 Å². The second-order valence-electron chi connectivity index (χ2n) is 10.2. The fourth-order valence-electron chi connectivity index (χ4n) is 4.73. The summed E-state index contributed by atoms with van der Waals surface area (Å²) in [6, 6.07) is 14.9. The molecule has 1 heterocycles. The van der Waals surface area contributed by atoms with Gasteiger partial charge in [0.15, 0.2) is 0 Å². The molecule has 1 unspecified atom stereocenters. The van der Waals surface area contributed by atoms with Crippen LogP contribution in [0.1, 0.15) is 63.5 Å². The number of carbonyl (C=O) groups is 2. The summed E-state index contributed by atoms with van der Waals surface area (Å²) < 4.78 is 11.7. The number of rotatable bonds is 15. The molecule has 9 heteroatoms. The molecule has 0 saturated carbocycles. The van der Waals surface area contributed by atoms with E-state index < -0.39 is 24.0 Å². The maximum absolute atomic E-state index is 12.3. The number of unbranched alkanes of at least 4 members (excludes halogenated alkanes) is 1. The normalized spacial score (nSPS) is 14.8. The molecule has 0 amide bonds. The van der Waals surface area contributed by atoms with Crippen LogP contribution in [0.25, 0.3) is 0 Å². The average Bonchev–Trinajstić information content (AvgIpc) is 2.91. The third-order valence-electron chi connectivity index (χ3n) is 6.80. The molecule has 2 aromatic carbocycles. The van der Waals surface area contributed by atoms with Crippen LogP contribution < -0.4 is 20.1 Å². The fourth-order valence-corrected chi connectivity index (χ4v) is 4.73. The van der Waals surface area contributed by atoms with Crippen LogP contribution in [0.3, 0.4) is 0 Å². The van der Waals surface area contributed by atoms with Crippen molar-refractivity contribution in [2.75, 3.05) is 26.3 Å². The minimum Gasteiger partial charge on any atom is -0.493 e. The molecule has 9 nitrogen and oxygen atoms in total. The highest BCUT2D eigenvalue weighted by Crippen LogP contribution is 2.43. The maximum atomic E-state index is 12.3. The lowest BCUT2D eigenvalue weighted by molar-refractivity contribution is -0.133. The molecule has 2 aromatic rings. The number of para-hydroxylation sites is 1. The molecule has 216 valence electrons. The van der Waals surface area contributed by atoms with E-state index in [2.05, 4.69) is 10.6 Å². The number of ether oxygens (including phenoxy) is 2. The lowest BCUT2D eigenvalue weighted by Gasteiger charge is -2.30. The summed E-state index contributed by atoms with van der Waals surface area (Å²) in [5, 5.41) is 36.3. The van der Waals surface area contributed by atoms with Crippen LogP contribution in [0.2, 0.25) is 0 Å². The summed E-state index contributed by atoms with van der Waals surface area (Å²) in [4.78, 5) is 24.6. The molecule has 3 rings (SSSR count). The van der Waals surface area contributed by atoms with Gasteiger partial charge in [0.05, 0.1) is 23.7 Å². The van der Waals surface area contributed by atoms with Gasteiger partial charge in [0, 0.05) is 23.5 Å². The highest BCUT2D eigenvalue weighted by molar-refractivity contribution is 5.98. The molecule has 0 radical (unpaired) electrons. The number of aliphatic carboxylic acids is 2. The van der Waals surface area contributed by atoms with Crippen molar-refractivity contribution in [3.05, 3.63) is 82.2 Å². The van der Waals surface area contributed by atoms with Crippen molar-refractivity contribution in [2.24, 2.45) is 0 Å². The molecule has 5 N–H and O–H groups in total. The number of hydrogen-bond donors (Lipinski definition) is 5. The Labute approximate surface area is 235 Å². The second kappa shape index (κ2) is 14.5. The summed E-state index contributed by atoms with van der Waals surface area (Å²) in [6.45, 7) is 8.98. The van der Waals surface area contributed by atoms with Gasteiger partial charge in [-0.3, -0.25) is 0 Å². The van der Waals surface area contributed by atoms with Crippen LogP contribution in [0, 0.1) is 0 Å². The predicted octanol–water partition coefficient (Wildman–Crippen LogP) is 4.40. The predicted molar refractivity (Wildman–Crippen MR) is 153 cm³/mol. The van der Waals surface area contributed by atoms with Gasteiger partial charge < -0.3 is 35.4 Å². The van der Waals surface area contributed by atoms with Crippen molar-refractivity contribution in [1.82, 2.24) is 10.6 Å². The zero-order valence-electron chi connectivity index (χ0n) is 23.6. The van der Waals surface area contributed by atoms with Gasteiger partial charge in [-0.15, -0.1) is 0 Å². The van der Waals surface area contributed by atoms with E-state index in [1.165, 1.54) is 0 Å². The smallest absolute Gasteiger partial charge is 0.334 e. The maximum Gasteiger partial charge on any atom is 0.334 e. The molecule has 1 aliphatic heterocycles. The number of nitrogens with one attached hydrogen (secondary N) is 2. The number of allylic oxidation sites excluding steroid dienone is 2. The summed E-state index contributed by atoms with van der Waals surface area (Å²) in [6.07, 6.45) is 0.865. The largest absolute Gasteiger partial charge is 0.493 e. The van der Waals surface area contributed by atoms with Crippen molar-refractivity contribution < 1.29 is 34.4 Å². The number of benzene rings is 2. The molecule has 0 saturated heterocycles. The number of hydrogen-bond acceptors (Lipinski definition) is 7. The minimum absolute atomic E-state index is 0.00671. The first-order valence-corrected chi connectivity index (χ1v) is 13.6. The van der Waals surface area contributed by atoms with E-state index >= 15 is 0 Å². The molecule has 1 aliphatic rings. The quantitative estimate of drug-likeness (QED) is 0.204. The molecule has 0 aromatic heterocycles. The van der Waals surface area contributed by atoms with Crippen molar-refractivity contribution in [3.8, 4) is 11.5 Å². The van der Waals surface area contributed by atoms with Crippen LogP contribution in [-0.2, 0) is 9.59 Å². The summed E-state index contributed by atoms with van der Waals surface area (Å²) in [7, 11) is 0. The highest BCUT2D eigenvalue weighted by Gasteiger charge is 2.38. The van der Waals surface area contributed by atoms with Gasteiger partial charge in [-0.1, -0.05) is 44.2 Å². The van der Waals surface area contributed by atoms with Crippen LogP contribution in [0.4, 0.5) is 0 Å². The van der Waals surface area contributed by atoms with E-state index in [1.807, 2.05) is 56.3 Å². The zero-order chi connectivity index (χ0) is 29.2. The Morgan fingerprint density at radius 2 is 1.60 bits per heavy atom. The number of carboxylic acid groups (broad SMARTS) is 2. The van der Waals surface area contributed by atoms with Gasteiger partial charge in [0.2, 0.25) is 0 Å². The standard InChI is InChI=1S/C31H40N2O7/c1-19(2)22-12-13-26(25(16-22)29-27(30(35)36)20(3)33-21(4)28(29)31(37)38)39-15-9-8-14-32-17-23(34)18-40-24-10-6-5-7-11-24/h5-7,10-13,16,19,23,29,32-34H,8-9,14-15,17-18H2,1-4H3,(H,35,36)(H,37,38). The topological polar surface area (TPSA) is 137 Å². The van der Waals surface area contributed by atoms with Crippen molar-refractivity contribution in [3.63, 3.8) is 0 Å². The van der Waals surface area contributed by atoms with Gasteiger partial charge in [0.25, 0.3) is 0 Å². The summed E-state index contributed by atoms with van der Waals surface area (Å²) >= 11 is 0.